The van der Waals surface area contributed by atoms with Crippen LogP contribution in [0.2, 0.25) is 0 Å². The fourth-order valence-corrected chi connectivity index (χ4v) is 8.66. The van der Waals surface area contributed by atoms with Crippen molar-refractivity contribution < 1.29 is 32.4 Å². The van der Waals surface area contributed by atoms with Gasteiger partial charge in [0.05, 0.1) is 17.3 Å². The first kappa shape index (κ1) is 36.5. The number of fused-ring (bicyclic) bond motifs is 1. The lowest BCUT2D eigenvalue weighted by molar-refractivity contribution is -0.145. The van der Waals surface area contributed by atoms with E-state index >= 15 is 0 Å². The van der Waals surface area contributed by atoms with Crippen LogP contribution in [-0.2, 0) is 29.0 Å². The fourth-order valence-electron chi connectivity index (χ4n) is 7.30. The smallest absolute Gasteiger partial charge is 0.315 e. The topological polar surface area (TPSA) is 171 Å². The predicted octanol–water partition coefficient (Wildman–Crippen LogP) is 2.09. The van der Waals surface area contributed by atoms with Crippen LogP contribution in [0.5, 0.6) is 0 Å². The molecule has 0 aromatic heterocycles. The van der Waals surface area contributed by atoms with Gasteiger partial charge in [-0.05, 0) is 41.9 Å². The van der Waals surface area contributed by atoms with E-state index in [1.54, 1.807) is 0 Å². The van der Waals surface area contributed by atoms with Gasteiger partial charge in [0.15, 0.2) is 0 Å². The van der Waals surface area contributed by atoms with Gasteiger partial charge in [-0.25, -0.2) is 13.2 Å². The molecular weight excluding hydrogens is 598 g/mol. The first-order valence-electron chi connectivity index (χ1n) is 16.1. The van der Waals surface area contributed by atoms with Gasteiger partial charge in [-0.2, -0.15) is 0 Å². The molecule has 254 valence electrons. The molecule has 3 aliphatic rings. The Morgan fingerprint density at radius 1 is 1.04 bits per heavy atom. The summed E-state index contributed by atoms with van der Waals surface area (Å²) in [5.41, 5.74) is -1.87. The van der Waals surface area contributed by atoms with Gasteiger partial charge in [0, 0.05) is 19.3 Å². The highest BCUT2D eigenvalue weighted by Gasteiger charge is 2.70. The van der Waals surface area contributed by atoms with E-state index in [1.165, 1.54) is 11.0 Å². The van der Waals surface area contributed by atoms with Gasteiger partial charge in [0.2, 0.25) is 17.6 Å². The van der Waals surface area contributed by atoms with Crippen molar-refractivity contribution in [1.82, 2.24) is 26.2 Å². The molecule has 5 atom stereocenters. The maximum Gasteiger partial charge on any atom is 0.315 e. The molecule has 1 heterocycles. The van der Waals surface area contributed by atoms with Crippen LogP contribution in [0, 0.1) is 22.7 Å². The number of carbonyl (C=O) groups is 5. The van der Waals surface area contributed by atoms with Crippen molar-refractivity contribution in [3.8, 4) is 0 Å². The summed E-state index contributed by atoms with van der Waals surface area (Å²) in [5, 5.41) is 11.0. The number of nitrogens with one attached hydrogen (secondary N) is 4. The van der Waals surface area contributed by atoms with Crippen LogP contribution in [0.3, 0.4) is 0 Å². The van der Waals surface area contributed by atoms with Crippen molar-refractivity contribution in [1.29, 1.82) is 0 Å². The number of urea groups is 1. The van der Waals surface area contributed by atoms with E-state index in [2.05, 4.69) is 27.8 Å². The number of hydrogen-bond acceptors (Lipinski definition) is 7. The second kappa shape index (κ2) is 13.8. The van der Waals surface area contributed by atoms with Crippen molar-refractivity contribution in [3.05, 3.63) is 12.7 Å². The molecule has 0 radical (unpaired) electrons. The van der Waals surface area contributed by atoms with E-state index in [0.717, 1.165) is 25.5 Å². The number of amides is 5. The zero-order valence-corrected chi connectivity index (χ0v) is 28.8. The second-order valence-electron chi connectivity index (χ2n) is 14.9. The summed E-state index contributed by atoms with van der Waals surface area (Å²) in [7, 11) is -3.39. The lowest BCUT2D eigenvalue weighted by Gasteiger charge is -2.40. The molecule has 1 unspecified atom stereocenters. The van der Waals surface area contributed by atoms with Crippen molar-refractivity contribution in [2.75, 3.05) is 25.1 Å². The average Bonchev–Trinajstić information content (AvgIpc) is 3.25. The summed E-state index contributed by atoms with van der Waals surface area (Å²) in [6, 6.07) is -3.58. The summed E-state index contributed by atoms with van der Waals surface area (Å²) in [6.45, 7) is 15.3. The van der Waals surface area contributed by atoms with Crippen LogP contribution in [0.15, 0.2) is 12.7 Å². The van der Waals surface area contributed by atoms with Crippen molar-refractivity contribution in [2.24, 2.45) is 22.7 Å². The monoisotopic (exact) mass is 651 g/mol. The number of hydrogen-bond donors (Lipinski definition) is 4. The Hall–Kier alpha value is -2.96. The quantitative estimate of drug-likeness (QED) is 0.175. The Kier molecular flexibility index (Phi) is 11.2. The maximum absolute atomic E-state index is 14.3. The summed E-state index contributed by atoms with van der Waals surface area (Å²) in [4.78, 5) is 68.4. The van der Waals surface area contributed by atoms with Gasteiger partial charge in [0.25, 0.3) is 5.91 Å². The molecule has 45 heavy (non-hydrogen) atoms. The minimum Gasteiger partial charge on any atom is -0.346 e. The predicted molar refractivity (Wildman–Crippen MR) is 172 cm³/mol. The molecule has 2 aliphatic carbocycles. The third-order valence-electron chi connectivity index (χ3n) is 9.72. The number of rotatable bonds is 13. The molecule has 2 saturated carbocycles. The Morgan fingerprint density at radius 3 is 2.20 bits per heavy atom. The lowest BCUT2D eigenvalue weighted by Crippen LogP contribution is -2.63. The zero-order valence-electron chi connectivity index (χ0n) is 28.0. The minimum absolute atomic E-state index is 0.0585. The van der Waals surface area contributed by atoms with Crippen molar-refractivity contribution in [3.63, 3.8) is 0 Å². The SMILES string of the molecule is C=CCNC(=O)C(=O)C(CCC)NC(=O)[C@@H]1[C@@H]2[C@H](CN1C(=O)[C@@H](NC(=O)NC1(CS(C)(=O)=O)CCCCC1)C(C)(C)C)C2(C)C. The summed E-state index contributed by atoms with van der Waals surface area (Å²) < 4.78 is 24.5. The summed E-state index contributed by atoms with van der Waals surface area (Å²) in [5.74, 6) is -2.78. The van der Waals surface area contributed by atoms with Crippen LogP contribution in [0.4, 0.5) is 4.79 Å². The number of sulfone groups is 1. The summed E-state index contributed by atoms with van der Waals surface area (Å²) in [6.07, 6.45) is 7.00. The Balaban J connectivity index is 1.83. The number of piperidine rings is 1. The fraction of sp³-hybridized carbons (Fsp3) is 0.781. The number of nitrogens with zero attached hydrogens (tertiary/aromatic N) is 1. The highest BCUT2D eigenvalue weighted by Crippen LogP contribution is 2.65. The van der Waals surface area contributed by atoms with E-state index < -0.39 is 68.5 Å². The van der Waals surface area contributed by atoms with E-state index in [1.807, 2.05) is 41.5 Å². The molecular formula is C32H53N5O7S. The van der Waals surface area contributed by atoms with Gasteiger partial charge in [-0.3, -0.25) is 19.2 Å². The molecule has 13 heteroatoms. The third-order valence-corrected chi connectivity index (χ3v) is 10.8. The molecule has 3 rings (SSSR count). The van der Waals surface area contributed by atoms with Crippen LogP contribution in [0.25, 0.3) is 0 Å². The molecule has 4 N–H and O–H groups in total. The van der Waals surface area contributed by atoms with E-state index in [4.69, 9.17) is 0 Å². The summed E-state index contributed by atoms with van der Waals surface area (Å²) >= 11 is 0. The first-order chi connectivity index (χ1) is 20.8. The average molecular weight is 652 g/mol. The zero-order chi connectivity index (χ0) is 34.0. The number of ketones is 1. The molecule has 0 spiro atoms. The molecule has 3 fully saturated rings. The second-order valence-corrected chi connectivity index (χ2v) is 17.1. The van der Waals surface area contributed by atoms with Crippen LogP contribution >= 0.6 is 0 Å². The van der Waals surface area contributed by atoms with Gasteiger partial charge < -0.3 is 26.2 Å². The molecule has 12 nitrogen and oxygen atoms in total. The molecule has 1 aliphatic heterocycles. The van der Waals surface area contributed by atoms with Gasteiger partial charge in [0.1, 0.15) is 21.9 Å². The van der Waals surface area contributed by atoms with Gasteiger partial charge >= 0.3 is 6.03 Å². The Morgan fingerprint density at radius 2 is 1.67 bits per heavy atom. The van der Waals surface area contributed by atoms with Crippen molar-refractivity contribution in [2.45, 2.75) is 110 Å². The molecule has 0 aromatic carbocycles. The number of Topliss-reactive ketones (excluding diaryl/α,β-unsaturated/α-hetero) is 1. The molecule has 0 aromatic rings. The largest absolute Gasteiger partial charge is 0.346 e. The molecule has 1 saturated heterocycles. The Bertz CT molecular complexity index is 1280. The highest BCUT2D eigenvalue weighted by molar-refractivity contribution is 7.90. The van der Waals surface area contributed by atoms with E-state index in [-0.39, 0.29) is 36.0 Å². The first-order valence-corrected chi connectivity index (χ1v) is 18.1. The van der Waals surface area contributed by atoms with Crippen LogP contribution in [0.1, 0.15) is 86.5 Å². The maximum atomic E-state index is 14.3. The minimum atomic E-state index is -3.39. The highest BCUT2D eigenvalue weighted by atomic mass is 32.2. The lowest BCUT2D eigenvalue weighted by atomic mass is 9.83. The van der Waals surface area contributed by atoms with E-state index in [0.29, 0.717) is 25.8 Å². The van der Waals surface area contributed by atoms with Crippen LogP contribution < -0.4 is 21.3 Å². The molecule has 0 bridgehead atoms. The molecule has 5 amide bonds. The normalized spacial score (nSPS) is 24.8. The van der Waals surface area contributed by atoms with Gasteiger partial charge in [-0.1, -0.05) is 73.3 Å². The Labute approximate surface area is 268 Å². The van der Waals surface area contributed by atoms with Crippen molar-refractivity contribution >= 4 is 39.4 Å². The number of carbonyl (C=O) groups excluding carboxylic acids is 5. The van der Waals surface area contributed by atoms with Crippen LogP contribution in [-0.4, -0.2) is 91.6 Å². The number of likely N-dealkylation sites (tertiary alicyclic amines) is 1. The third kappa shape index (κ3) is 8.65. The van der Waals surface area contributed by atoms with Gasteiger partial charge in [-0.15, -0.1) is 6.58 Å². The standard InChI is InChI=1S/C32H53N5O7S/c1-9-14-21(24(38)27(40)33-17-10-2)34-26(39)23-22-20(31(22,6)7)18-37(23)28(41)25(30(3,4)5)35-29(42)36-32(19-45(8,43)44)15-12-11-13-16-32/h10,20-23,25H,2,9,11-19H2,1,3-8H3,(H,33,40)(H,34,39)(H2,35,36,42)/t20-,21?,22-,23-,25+/m0/s1. The van der Waals surface area contributed by atoms with E-state index in [9.17, 15) is 32.4 Å².